The third-order valence-corrected chi connectivity index (χ3v) is 3.15. The zero-order chi connectivity index (χ0) is 11.5. The molecule has 0 aromatic rings. The van der Waals surface area contributed by atoms with E-state index in [2.05, 4.69) is 0 Å². The molecule has 0 bridgehead atoms. The topological polar surface area (TPSA) is 55.6 Å². The molecule has 1 saturated heterocycles. The van der Waals surface area contributed by atoms with Crippen molar-refractivity contribution in [2.45, 2.75) is 33.3 Å². The zero-order valence-electron chi connectivity index (χ0n) is 9.95. The summed E-state index contributed by atoms with van der Waals surface area (Å²) in [4.78, 5) is 14.0. The van der Waals surface area contributed by atoms with Gasteiger partial charge < -0.3 is 15.4 Å². The Morgan fingerprint density at radius 3 is 2.80 bits per heavy atom. The van der Waals surface area contributed by atoms with Gasteiger partial charge in [0, 0.05) is 25.0 Å². The monoisotopic (exact) mass is 214 g/mol. The second-order valence-corrected chi connectivity index (χ2v) is 4.72. The predicted octanol–water partition coefficient (Wildman–Crippen LogP) is 0.609. The van der Waals surface area contributed by atoms with Crippen molar-refractivity contribution in [3.63, 3.8) is 0 Å². The van der Waals surface area contributed by atoms with Crippen LogP contribution < -0.4 is 5.73 Å². The second-order valence-electron chi connectivity index (χ2n) is 4.72. The maximum atomic E-state index is 12.1. The van der Waals surface area contributed by atoms with Crippen LogP contribution in [0.5, 0.6) is 0 Å². The molecule has 4 heteroatoms. The number of carbonyl (C=O) groups is 1. The lowest BCUT2D eigenvalue weighted by molar-refractivity contribution is -0.147. The predicted molar refractivity (Wildman–Crippen MR) is 59.4 cm³/mol. The van der Waals surface area contributed by atoms with Gasteiger partial charge in [0.2, 0.25) is 5.91 Å². The highest BCUT2D eigenvalue weighted by molar-refractivity contribution is 5.82. The van der Waals surface area contributed by atoms with Crippen molar-refractivity contribution < 1.29 is 9.53 Å². The fourth-order valence-electron chi connectivity index (χ4n) is 1.63. The minimum atomic E-state index is -0.267. The molecular formula is C11H22N2O2. The summed E-state index contributed by atoms with van der Waals surface area (Å²) in [6.45, 7) is 8.44. The first-order valence-corrected chi connectivity index (χ1v) is 5.62. The van der Waals surface area contributed by atoms with E-state index >= 15 is 0 Å². The highest BCUT2D eigenvalue weighted by Crippen LogP contribution is 2.24. The molecule has 2 N–H and O–H groups in total. The number of hydrogen-bond donors (Lipinski definition) is 1. The van der Waals surface area contributed by atoms with Crippen LogP contribution in [-0.4, -0.2) is 43.2 Å². The Labute approximate surface area is 91.8 Å². The summed E-state index contributed by atoms with van der Waals surface area (Å²) in [5.41, 5.74) is 5.28. The van der Waals surface area contributed by atoms with E-state index in [4.69, 9.17) is 10.5 Å². The fraction of sp³-hybridized carbons (Fsp3) is 0.909. The number of morpholine rings is 1. The van der Waals surface area contributed by atoms with E-state index in [1.807, 2.05) is 25.7 Å². The Morgan fingerprint density at radius 2 is 2.27 bits per heavy atom. The van der Waals surface area contributed by atoms with Crippen LogP contribution in [0.2, 0.25) is 0 Å². The van der Waals surface area contributed by atoms with E-state index in [1.165, 1.54) is 0 Å². The van der Waals surface area contributed by atoms with Gasteiger partial charge in [-0.05, 0) is 6.42 Å². The Bertz CT molecular complexity index is 229. The van der Waals surface area contributed by atoms with Crippen LogP contribution in [0.15, 0.2) is 0 Å². The normalized spacial score (nSPS) is 22.9. The third kappa shape index (κ3) is 2.92. The lowest BCUT2D eigenvalue weighted by Crippen LogP contribution is -2.51. The molecule has 1 amide bonds. The molecule has 4 nitrogen and oxygen atoms in total. The first kappa shape index (κ1) is 12.5. The number of amides is 1. The van der Waals surface area contributed by atoms with E-state index in [1.54, 1.807) is 0 Å². The van der Waals surface area contributed by atoms with E-state index < -0.39 is 0 Å². The maximum Gasteiger partial charge on any atom is 0.228 e. The van der Waals surface area contributed by atoms with Crippen molar-refractivity contribution >= 4 is 5.91 Å². The van der Waals surface area contributed by atoms with Gasteiger partial charge in [-0.1, -0.05) is 20.8 Å². The lowest BCUT2D eigenvalue weighted by atomic mass is 9.88. The first-order valence-electron chi connectivity index (χ1n) is 5.62. The van der Waals surface area contributed by atoms with Crippen LogP contribution in [0.25, 0.3) is 0 Å². The molecule has 0 spiro atoms. The Hall–Kier alpha value is -0.610. The molecule has 15 heavy (non-hydrogen) atoms. The largest absolute Gasteiger partial charge is 0.373 e. The molecule has 88 valence electrons. The van der Waals surface area contributed by atoms with Crippen molar-refractivity contribution in [3.05, 3.63) is 0 Å². The highest BCUT2D eigenvalue weighted by Gasteiger charge is 2.32. The molecule has 1 unspecified atom stereocenters. The number of ether oxygens (including phenoxy) is 1. The van der Waals surface area contributed by atoms with Crippen molar-refractivity contribution in [2.24, 2.45) is 11.1 Å². The number of hydrogen-bond acceptors (Lipinski definition) is 3. The summed E-state index contributed by atoms with van der Waals surface area (Å²) >= 11 is 0. The summed E-state index contributed by atoms with van der Waals surface area (Å²) in [5.74, 6) is 0.215. The van der Waals surface area contributed by atoms with Gasteiger partial charge in [0.1, 0.15) is 0 Å². The molecule has 0 aromatic carbocycles. The van der Waals surface area contributed by atoms with E-state index in [0.717, 1.165) is 6.42 Å². The summed E-state index contributed by atoms with van der Waals surface area (Å²) in [5, 5.41) is 0. The quantitative estimate of drug-likeness (QED) is 0.749. The number of nitrogens with zero attached hydrogens (tertiary/aromatic N) is 1. The standard InChI is InChI=1S/C11H22N2O2/c1-4-11(2,3)10(14)13-5-6-15-9(7-12)8-13/h9H,4-8,12H2,1-3H3. The van der Waals surface area contributed by atoms with Crippen LogP contribution >= 0.6 is 0 Å². The SMILES string of the molecule is CCC(C)(C)C(=O)N1CCOC(CN)C1. The minimum Gasteiger partial charge on any atom is -0.373 e. The average Bonchev–Trinajstić information content (AvgIpc) is 2.28. The van der Waals surface area contributed by atoms with Gasteiger partial charge in [0.15, 0.2) is 0 Å². The molecule has 0 aromatic heterocycles. The second kappa shape index (κ2) is 4.94. The summed E-state index contributed by atoms with van der Waals surface area (Å²) in [7, 11) is 0. The first-order chi connectivity index (χ1) is 7.01. The molecule has 1 rings (SSSR count). The smallest absolute Gasteiger partial charge is 0.228 e. The van der Waals surface area contributed by atoms with Crippen LogP contribution in [0, 0.1) is 5.41 Å². The molecule has 0 saturated carbocycles. The number of nitrogens with two attached hydrogens (primary N) is 1. The van der Waals surface area contributed by atoms with Crippen molar-refractivity contribution in [1.29, 1.82) is 0 Å². The molecule has 0 radical (unpaired) electrons. The van der Waals surface area contributed by atoms with Crippen molar-refractivity contribution in [1.82, 2.24) is 4.90 Å². The Morgan fingerprint density at radius 1 is 1.60 bits per heavy atom. The van der Waals surface area contributed by atoms with E-state index in [9.17, 15) is 4.79 Å². The molecule has 1 aliphatic heterocycles. The van der Waals surface area contributed by atoms with Crippen LogP contribution in [0.4, 0.5) is 0 Å². The zero-order valence-corrected chi connectivity index (χ0v) is 9.95. The van der Waals surface area contributed by atoms with E-state index in [-0.39, 0.29) is 17.4 Å². The Kier molecular flexibility index (Phi) is 4.11. The van der Waals surface area contributed by atoms with Crippen LogP contribution in [-0.2, 0) is 9.53 Å². The summed E-state index contributed by atoms with van der Waals surface area (Å²) < 4.78 is 5.43. The van der Waals surface area contributed by atoms with Gasteiger partial charge in [-0.2, -0.15) is 0 Å². The minimum absolute atomic E-state index is 0.00959. The number of carbonyl (C=O) groups excluding carboxylic acids is 1. The lowest BCUT2D eigenvalue weighted by Gasteiger charge is -2.37. The van der Waals surface area contributed by atoms with Crippen molar-refractivity contribution in [3.8, 4) is 0 Å². The Balaban J connectivity index is 2.60. The van der Waals surface area contributed by atoms with Gasteiger partial charge in [-0.15, -0.1) is 0 Å². The molecule has 1 aliphatic rings. The molecule has 0 aliphatic carbocycles. The maximum absolute atomic E-state index is 12.1. The molecule has 1 atom stereocenters. The van der Waals surface area contributed by atoms with E-state index in [0.29, 0.717) is 26.2 Å². The highest BCUT2D eigenvalue weighted by atomic mass is 16.5. The van der Waals surface area contributed by atoms with Crippen LogP contribution in [0.1, 0.15) is 27.2 Å². The van der Waals surface area contributed by atoms with Gasteiger partial charge in [0.25, 0.3) is 0 Å². The average molecular weight is 214 g/mol. The molecule has 1 heterocycles. The third-order valence-electron chi connectivity index (χ3n) is 3.15. The summed E-state index contributed by atoms with van der Waals surface area (Å²) in [6.07, 6.45) is 0.867. The van der Waals surface area contributed by atoms with Gasteiger partial charge >= 0.3 is 0 Å². The van der Waals surface area contributed by atoms with Gasteiger partial charge in [-0.25, -0.2) is 0 Å². The van der Waals surface area contributed by atoms with Gasteiger partial charge in [-0.3, -0.25) is 4.79 Å². The molecule has 1 fully saturated rings. The fourth-order valence-corrected chi connectivity index (χ4v) is 1.63. The van der Waals surface area contributed by atoms with Gasteiger partial charge in [0.05, 0.1) is 12.7 Å². The van der Waals surface area contributed by atoms with Crippen molar-refractivity contribution in [2.75, 3.05) is 26.2 Å². The molecular weight excluding hydrogens is 192 g/mol. The number of rotatable bonds is 3. The summed E-state index contributed by atoms with van der Waals surface area (Å²) in [6, 6.07) is 0. The van der Waals surface area contributed by atoms with Crippen LogP contribution in [0.3, 0.4) is 0 Å².